The zero-order valence-electron chi connectivity index (χ0n) is 16.7. The zero-order valence-corrected chi connectivity index (χ0v) is 16.7. The molecule has 2 aromatic heterocycles. The minimum atomic E-state index is 0.255. The Hall–Kier alpha value is -2.36. The second kappa shape index (κ2) is 10.4. The standard InChI is InChI=1S/C20H29N7O2/c1(17-3-5-21-16-24-17)2-18-15-26(9-14-29-18)8-7-22-19-4-6-23-20(25-19)27-10-12-28-13-11-27/h3-6,16,18H,1-2,7-15H2,(H,22,23,25). The Bertz CT molecular complexity index is 743. The number of aromatic nitrogens is 4. The fraction of sp³-hybridized carbons (Fsp3) is 0.600. The molecule has 1 N–H and O–H groups in total. The molecule has 0 amide bonds. The summed E-state index contributed by atoms with van der Waals surface area (Å²) in [5.74, 6) is 1.64. The summed E-state index contributed by atoms with van der Waals surface area (Å²) >= 11 is 0. The largest absolute Gasteiger partial charge is 0.378 e. The Morgan fingerprint density at radius 1 is 1.07 bits per heavy atom. The van der Waals surface area contributed by atoms with E-state index in [2.05, 4.69) is 35.1 Å². The van der Waals surface area contributed by atoms with Gasteiger partial charge in [0.1, 0.15) is 12.1 Å². The lowest BCUT2D eigenvalue weighted by molar-refractivity contribution is -0.0304. The molecule has 9 nitrogen and oxygen atoms in total. The molecule has 0 spiro atoms. The summed E-state index contributed by atoms with van der Waals surface area (Å²) in [6, 6.07) is 3.89. The maximum atomic E-state index is 5.94. The zero-order chi connectivity index (χ0) is 19.7. The first-order valence-electron chi connectivity index (χ1n) is 10.4. The highest BCUT2D eigenvalue weighted by Gasteiger charge is 2.20. The van der Waals surface area contributed by atoms with E-state index in [1.807, 2.05) is 18.3 Å². The molecular formula is C20H29N7O2. The number of hydrogen-bond acceptors (Lipinski definition) is 9. The van der Waals surface area contributed by atoms with Crippen LogP contribution in [0.2, 0.25) is 0 Å². The minimum absolute atomic E-state index is 0.255. The van der Waals surface area contributed by atoms with E-state index in [0.29, 0.717) is 0 Å². The van der Waals surface area contributed by atoms with Crippen molar-refractivity contribution >= 4 is 11.8 Å². The van der Waals surface area contributed by atoms with Crippen LogP contribution in [0.3, 0.4) is 0 Å². The molecule has 4 heterocycles. The fourth-order valence-electron chi connectivity index (χ4n) is 3.64. The fourth-order valence-corrected chi connectivity index (χ4v) is 3.64. The lowest BCUT2D eigenvalue weighted by Crippen LogP contribution is -2.44. The van der Waals surface area contributed by atoms with Gasteiger partial charge in [-0.2, -0.15) is 4.98 Å². The number of aryl methyl sites for hydroxylation is 1. The van der Waals surface area contributed by atoms with Crippen molar-refractivity contribution in [1.82, 2.24) is 24.8 Å². The highest BCUT2D eigenvalue weighted by atomic mass is 16.5. The van der Waals surface area contributed by atoms with Gasteiger partial charge < -0.3 is 19.7 Å². The van der Waals surface area contributed by atoms with Gasteiger partial charge >= 0.3 is 0 Å². The molecule has 0 saturated carbocycles. The van der Waals surface area contributed by atoms with Crippen LogP contribution in [0.15, 0.2) is 30.9 Å². The average molecular weight is 399 g/mol. The highest BCUT2D eigenvalue weighted by Crippen LogP contribution is 2.13. The summed E-state index contributed by atoms with van der Waals surface area (Å²) in [6.07, 6.45) is 7.37. The lowest BCUT2D eigenvalue weighted by atomic mass is 10.1. The van der Waals surface area contributed by atoms with Crippen LogP contribution in [0.5, 0.6) is 0 Å². The molecule has 0 radical (unpaired) electrons. The lowest BCUT2D eigenvalue weighted by Gasteiger charge is -2.33. The first-order valence-corrected chi connectivity index (χ1v) is 10.4. The Labute approximate surface area is 171 Å². The molecule has 156 valence electrons. The number of rotatable bonds is 8. The van der Waals surface area contributed by atoms with Crippen LogP contribution in [0.25, 0.3) is 0 Å². The van der Waals surface area contributed by atoms with E-state index in [-0.39, 0.29) is 6.10 Å². The van der Waals surface area contributed by atoms with Gasteiger partial charge in [0, 0.05) is 57.4 Å². The number of morpholine rings is 2. The van der Waals surface area contributed by atoms with E-state index in [1.54, 1.807) is 12.5 Å². The molecule has 0 bridgehead atoms. The van der Waals surface area contributed by atoms with Crippen molar-refractivity contribution in [2.45, 2.75) is 18.9 Å². The van der Waals surface area contributed by atoms with E-state index in [0.717, 1.165) is 89.4 Å². The van der Waals surface area contributed by atoms with E-state index in [4.69, 9.17) is 9.47 Å². The van der Waals surface area contributed by atoms with Crippen LogP contribution in [-0.4, -0.2) is 90.0 Å². The summed E-state index contributed by atoms with van der Waals surface area (Å²) < 4.78 is 11.3. The summed E-state index contributed by atoms with van der Waals surface area (Å²) in [7, 11) is 0. The van der Waals surface area contributed by atoms with E-state index in [9.17, 15) is 0 Å². The first-order chi connectivity index (χ1) is 14.4. The van der Waals surface area contributed by atoms with E-state index in [1.165, 1.54) is 0 Å². The molecule has 2 aliphatic heterocycles. The molecule has 1 atom stereocenters. The van der Waals surface area contributed by atoms with Gasteiger partial charge in [-0.1, -0.05) is 0 Å². The third-order valence-electron chi connectivity index (χ3n) is 5.26. The van der Waals surface area contributed by atoms with Crippen molar-refractivity contribution < 1.29 is 9.47 Å². The van der Waals surface area contributed by atoms with Gasteiger partial charge in [-0.05, 0) is 25.0 Å². The number of nitrogens with zero attached hydrogens (tertiary/aromatic N) is 6. The van der Waals surface area contributed by atoms with Gasteiger partial charge in [-0.25, -0.2) is 15.0 Å². The van der Waals surface area contributed by atoms with Gasteiger partial charge in [-0.15, -0.1) is 0 Å². The molecular weight excluding hydrogens is 370 g/mol. The van der Waals surface area contributed by atoms with Crippen LogP contribution in [0.4, 0.5) is 11.8 Å². The SMILES string of the molecule is c1cc(CCC2CN(CCNc3ccnc(N4CCOCC4)n3)CCO2)ncn1. The normalized spacial score (nSPS) is 20.6. The molecule has 4 rings (SSSR count). The van der Waals surface area contributed by atoms with Gasteiger partial charge in [0.2, 0.25) is 5.95 Å². The molecule has 2 fully saturated rings. The summed E-state index contributed by atoms with van der Waals surface area (Å²) in [5, 5.41) is 3.44. The third kappa shape index (κ3) is 6.06. The van der Waals surface area contributed by atoms with Gasteiger partial charge in [0.15, 0.2) is 0 Å². The van der Waals surface area contributed by atoms with Crippen LogP contribution in [0, 0.1) is 0 Å². The van der Waals surface area contributed by atoms with E-state index < -0.39 is 0 Å². The summed E-state index contributed by atoms with van der Waals surface area (Å²) in [5.41, 5.74) is 1.07. The topological polar surface area (TPSA) is 88.5 Å². The van der Waals surface area contributed by atoms with Crippen molar-refractivity contribution in [1.29, 1.82) is 0 Å². The second-order valence-corrected chi connectivity index (χ2v) is 7.30. The van der Waals surface area contributed by atoms with Gasteiger partial charge in [0.25, 0.3) is 0 Å². The van der Waals surface area contributed by atoms with Crippen LogP contribution in [-0.2, 0) is 15.9 Å². The van der Waals surface area contributed by atoms with Crippen molar-refractivity contribution in [3.63, 3.8) is 0 Å². The van der Waals surface area contributed by atoms with Crippen molar-refractivity contribution in [2.24, 2.45) is 0 Å². The Morgan fingerprint density at radius 3 is 2.86 bits per heavy atom. The third-order valence-corrected chi connectivity index (χ3v) is 5.26. The quantitative estimate of drug-likeness (QED) is 0.694. The average Bonchev–Trinajstić information content (AvgIpc) is 2.80. The Kier molecular flexibility index (Phi) is 7.17. The predicted octanol–water partition coefficient (Wildman–Crippen LogP) is 0.849. The highest BCUT2D eigenvalue weighted by molar-refractivity contribution is 5.41. The van der Waals surface area contributed by atoms with Crippen LogP contribution < -0.4 is 10.2 Å². The maximum Gasteiger partial charge on any atom is 0.227 e. The van der Waals surface area contributed by atoms with Crippen molar-refractivity contribution in [3.05, 3.63) is 36.5 Å². The van der Waals surface area contributed by atoms with Crippen LogP contribution >= 0.6 is 0 Å². The number of hydrogen-bond donors (Lipinski definition) is 1. The predicted molar refractivity (Wildman–Crippen MR) is 110 cm³/mol. The molecule has 2 aromatic rings. The number of anilines is 2. The maximum absolute atomic E-state index is 5.94. The minimum Gasteiger partial charge on any atom is -0.378 e. The molecule has 9 heteroatoms. The van der Waals surface area contributed by atoms with Gasteiger partial charge in [-0.3, -0.25) is 4.90 Å². The molecule has 0 aliphatic carbocycles. The summed E-state index contributed by atoms with van der Waals surface area (Å²) in [4.78, 5) is 21.9. The van der Waals surface area contributed by atoms with Crippen LogP contribution in [0.1, 0.15) is 12.1 Å². The molecule has 0 aromatic carbocycles. The number of nitrogens with one attached hydrogen (secondary N) is 1. The number of ether oxygens (including phenoxy) is 2. The first kappa shape index (κ1) is 19.9. The Morgan fingerprint density at radius 2 is 2.00 bits per heavy atom. The molecule has 1 unspecified atom stereocenters. The van der Waals surface area contributed by atoms with E-state index >= 15 is 0 Å². The van der Waals surface area contributed by atoms with Crippen molar-refractivity contribution in [2.75, 3.05) is 69.3 Å². The molecule has 2 saturated heterocycles. The summed E-state index contributed by atoms with van der Waals surface area (Å²) in [6.45, 7) is 7.66. The van der Waals surface area contributed by atoms with Gasteiger partial charge in [0.05, 0.1) is 25.9 Å². The molecule has 29 heavy (non-hydrogen) atoms. The molecule has 2 aliphatic rings. The smallest absolute Gasteiger partial charge is 0.227 e. The monoisotopic (exact) mass is 399 g/mol. The second-order valence-electron chi connectivity index (χ2n) is 7.30. The van der Waals surface area contributed by atoms with Crippen molar-refractivity contribution in [3.8, 4) is 0 Å². The Balaban J connectivity index is 1.20.